The van der Waals surface area contributed by atoms with Crippen LogP contribution in [0.25, 0.3) is 0 Å². The number of carbonyl (C=O) groups is 3. The third-order valence-corrected chi connectivity index (χ3v) is 3.92. The van der Waals surface area contributed by atoms with Crippen LogP contribution in [0, 0.1) is 17.6 Å². The van der Waals surface area contributed by atoms with E-state index in [-0.39, 0.29) is 30.9 Å². The molecule has 2 rings (SSSR count). The Morgan fingerprint density at radius 1 is 1.22 bits per heavy atom. The van der Waals surface area contributed by atoms with Crippen LogP contribution in [0.3, 0.4) is 0 Å². The maximum atomic E-state index is 13.5. The van der Waals surface area contributed by atoms with Gasteiger partial charge in [-0.3, -0.25) is 14.4 Å². The fourth-order valence-electron chi connectivity index (χ4n) is 2.63. The largest absolute Gasteiger partial charge is 0.481 e. The number of hydrogen-bond donors (Lipinski definition) is 1. The summed E-state index contributed by atoms with van der Waals surface area (Å²) in [6, 6.07) is 2.66. The first kappa shape index (κ1) is 17.1. The van der Waals surface area contributed by atoms with Crippen LogP contribution < -0.4 is 0 Å². The molecule has 1 N–H and O–H groups in total. The van der Waals surface area contributed by atoms with E-state index in [0.29, 0.717) is 25.5 Å². The summed E-state index contributed by atoms with van der Waals surface area (Å²) in [5.74, 6) is -4.16. The molecule has 5 nitrogen and oxygen atoms in total. The number of halogens is 2. The van der Waals surface area contributed by atoms with Gasteiger partial charge in [0.25, 0.3) is 0 Å². The Morgan fingerprint density at radius 3 is 2.61 bits per heavy atom. The van der Waals surface area contributed by atoms with Crippen LogP contribution in [-0.2, 0) is 9.59 Å². The lowest BCUT2D eigenvalue weighted by Crippen LogP contribution is -2.42. The van der Waals surface area contributed by atoms with Crippen molar-refractivity contribution in [3.63, 3.8) is 0 Å². The Hall–Kier alpha value is -2.31. The van der Waals surface area contributed by atoms with Crippen LogP contribution in [-0.4, -0.2) is 40.8 Å². The zero-order valence-corrected chi connectivity index (χ0v) is 12.4. The second-order valence-electron chi connectivity index (χ2n) is 5.56. The van der Waals surface area contributed by atoms with E-state index < -0.39 is 29.3 Å². The molecule has 124 valence electrons. The number of benzene rings is 1. The molecule has 0 saturated carbocycles. The third kappa shape index (κ3) is 4.34. The number of Topliss-reactive ketones (excluding diaryl/α,β-unsaturated/α-hetero) is 1. The topological polar surface area (TPSA) is 74.7 Å². The van der Waals surface area contributed by atoms with Crippen LogP contribution >= 0.6 is 0 Å². The van der Waals surface area contributed by atoms with Crippen molar-refractivity contribution in [3.8, 4) is 0 Å². The van der Waals surface area contributed by atoms with Gasteiger partial charge in [-0.25, -0.2) is 8.78 Å². The van der Waals surface area contributed by atoms with Gasteiger partial charge >= 0.3 is 5.97 Å². The average molecular weight is 325 g/mol. The van der Waals surface area contributed by atoms with E-state index in [2.05, 4.69) is 0 Å². The van der Waals surface area contributed by atoms with E-state index in [9.17, 15) is 23.2 Å². The second kappa shape index (κ2) is 7.30. The number of piperidine rings is 1. The first-order valence-corrected chi connectivity index (χ1v) is 7.37. The first-order chi connectivity index (χ1) is 10.9. The van der Waals surface area contributed by atoms with E-state index in [1.54, 1.807) is 0 Å². The monoisotopic (exact) mass is 325 g/mol. The van der Waals surface area contributed by atoms with Gasteiger partial charge in [-0.05, 0) is 25.0 Å². The Morgan fingerprint density at radius 2 is 1.96 bits per heavy atom. The molecular weight excluding hydrogens is 308 g/mol. The van der Waals surface area contributed by atoms with Crippen LogP contribution in [0.15, 0.2) is 18.2 Å². The highest BCUT2D eigenvalue weighted by atomic mass is 19.1. The zero-order chi connectivity index (χ0) is 17.0. The molecule has 1 aromatic carbocycles. The summed E-state index contributed by atoms with van der Waals surface area (Å²) in [7, 11) is 0. The van der Waals surface area contributed by atoms with Gasteiger partial charge in [0.05, 0.1) is 11.5 Å². The highest BCUT2D eigenvalue weighted by molar-refractivity contribution is 5.98. The van der Waals surface area contributed by atoms with Crippen molar-refractivity contribution in [1.82, 2.24) is 4.90 Å². The molecule has 7 heteroatoms. The highest BCUT2D eigenvalue weighted by Crippen LogP contribution is 2.18. The number of aliphatic carboxylic acids is 1. The Labute approximate surface area is 131 Å². The summed E-state index contributed by atoms with van der Waals surface area (Å²) < 4.78 is 26.3. The van der Waals surface area contributed by atoms with E-state index in [4.69, 9.17) is 5.11 Å². The van der Waals surface area contributed by atoms with Crippen LogP contribution in [0.2, 0.25) is 0 Å². The lowest BCUT2D eigenvalue weighted by Gasteiger charge is -2.30. The summed E-state index contributed by atoms with van der Waals surface area (Å²) in [6.45, 7) is 0.592. The summed E-state index contributed by atoms with van der Waals surface area (Å²) in [5, 5.41) is 8.99. The van der Waals surface area contributed by atoms with E-state index >= 15 is 0 Å². The molecule has 1 amide bonds. The molecule has 0 aliphatic carbocycles. The predicted molar refractivity (Wildman–Crippen MR) is 76.9 cm³/mol. The fourth-order valence-corrected chi connectivity index (χ4v) is 2.63. The van der Waals surface area contributed by atoms with E-state index in [1.807, 2.05) is 0 Å². The normalized spacial score (nSPS) is 17.8. The van der Waals surface area contributed by atoms with Gasteiger partial charge in [0.1, 0.15) is 11.6 Å². The van der Waals surface area contributed by atoms with Gasteiger partial charge in [-0.15, -0.1) is 0 Å². The minimum Gasteiger partial charge on any atom is -0.481 e. The summed E-state index contributed by atoms with van der Waals surface area (Å²) in [4.78, 5) is 36.4. The number of hydrogen-bond acceptors (Lipinski definition) is 3. The molecule has 0 aromatic heterocycles. The van der Waals surface area contributed by atoms with Gasteiger partial charge < -0.3 is 10.0 Å². The van der Waals surface area contributed by atoms with Crippen LogP contribution in [0.4, 0.5) is 8.78 Å². The number of carboxylic acids is 1. The first-order valence-electron chi connectivity index (χ1n) is 7.37. The number of carbonyl (C=O) groups excluding carboxylic acids is 2. The molecule has 0 bridgehead atoms. The molecule has 1 aromatic rings. The maximum absolute atomic E-state index is 13.5. The number of rotatable bonds is 5. The van der Waals surface area contributed by atoms with Crippen molar-refractivity contribution in [2.24, 2.45) is 5.92 Å². The fraction of sp³-hybridized carbons (Fsp3) is 0.438. The van der Waals surface area contributed by atoms with Crippen molar-refractivity contribution < 1.29 is 28.3 Å². The standard InChI is InChI=1S/C16H17F2NO4/c17-11-3-4-12(13(18)8-11)14(20)5-6-15(21)19-7-1-2-10(9-19)16(22)23/h3-4,8,10H,1-2,5-7,9H2,(H,22,23). The number of nitrogens with zero attached hydrogens (tertiary/aromatic N) is 1. The molecule has 0 radical (unpaired) electrons. The van der Waals surface area contributed by atoms with Gasteiger partial charge in [0.15, 0.2) is 5.78 Å². The minimum atomic E-state index is -0.952. The van der Waals surface area contributed by atoms with Crippen molar-refractivity contribution in [2.45, 2.75) is 25.7 Å². The minimum absolute atomic E-state index is 0.123. The molecule has 1 heterocycles. The highest BCUT2D eigenvalue weighted by Gasteiger charge is 2.28. The Bertz CT molecular complexity index is 633. The Kier molecular flexibility index (Phi) is 5.41. The Balaban J connectivity index is 1.91. The molecule has 1 aliphatic heterocycles. The lowest BCUT2D eigenvalue weighted by molar-refractivity contribution is -0.145. The quantitative estimate of drug-likeness (QED) is 0.843. The third-order valence-electron chi connectivity index (χ3n) is 3.92. The zero-order valence-electron chi connectivity index (χ0n) is 12.4. The van der Waals surface area contributed by atoms with Crippen molar-refractivity contribution in [1.29, 1.82) is 0 Å². The van der Waals surface area contributed by atoms with Gasteiger partial charge in [0.2, 0.25) is 5.91 Å². The van der Waals surface area contributed by atoms with Crippen LogP contribution in [0.5, 0.6) is 0 Å². The average Bonchev–Trinajstić information content (AvgIpc) is 2.52. The molecule has 1 saturated heterocycles. The number of likely N-dealkylation sites (tertiary alicyclic amines) is 1. The SMILES string of the molecule is O=C(CCC(=O)N1CCCC(C(=O)O)C1)c1ccc(F)cc1F. The molecule has 1 fully saturated rings. The molecule has 1 atom stereocenters. The van der Waals surface area contributed by atoms with Crippen LogP contribution in [0.1, 0.15) is 36.0 Å². The second-order valence-corrected chi connectivity index (χ2v) is 5.56. The van der Waals surface area contributed by atoms with E-state index in [1.165, 1.54) is 4.90 Å². The number of ketones is 1. The van der Waals surface area contributed by atoms with Crippen molar-refractivity contribution in [2.75, 3.05) is 13.1 Å². The predicted octanol–water partition coefficient (Wildman–Crippen LogP) is 2.25. The lowest BCUT2D eigenvalue weighted by atomic mass is 9.97. The molecule has 1 aliphatic rings. The van der Waals surface area contributed by atoms with Crippen molar-refractivity contribution in [3.05, 3.63) is 35.4 Å². The number of amides is 1. The van der Waals surface area contributed by atoms with Gasteiger partial charge in [0, 0.05) is 32.0 Å². The van der Waals surface area contributed by atoms with Gasteiger partial charge in [-0.2, -0.15) is 0 Å². The van der Waals surface area contributed by atoms with Gasteiger partial charge in [-0.1, -0.05) is 0 Å². The van der Waals surface area contributed by atoms with E-state index in [0.717, 1.165) is 12.1 Å². The summed E-state index contributed by atoms with van der Waals surface area (Å²) in [5.41, 5.74) is -0.249. The molecule has 1 unspecified atom stereocenters. The molecular formula is C16H17F2NO4. The smallest absolute Gasteiger partial charge is 0.308 e. The summed E-state index contributed by atoms with van der Waals surface area (Å²) in [6.07, 6.45) is 0.805. The molecule has 0 spiro atoms. The summed E-state index contributed by atoms with van der Waals surface area (Å²) >= 11 is 0. The van der Waals surface area contributed by atoms with Crippen molar-refractivity contribution >= 4 is 17.7 Å². The maximum Gasteiger partial charge on any atom is 0.308 e. The molecule has 23 heavy (non-hydrogen) atoms. The number of carboxylic acid groups (broad SMARTS) is 1.